The first-order chi connectivity index (χ1) is 19.7. The molecule has 12 heteroatoms. The third kappa shape index (κ3) is 4.95. The highest BCUT2D eigenvalue weighted by Gasteiger charge is 2.72. The number of carbonyl (C=O) groups excluding carboxylic acids is 1. The highest BCUT2D eigenvalue weighted by atomic mass is 32.2. The molecule has 2 saturated heterocycles. The van der Waals surface area contributed by atoms with E-state index in [0.717, 1.165) is 19.3 Å². The summed E-state index contributed by atoms with van der Waals surface area (Å²) in [6, 6.07) is 1.60. The summed E-state index contributed by atoms with van der Waals surface area (Å²) >= 11 is 1.27. The summed E-state index contributed by atoms with van der Waals surface area (Å²) < 4.78 is 40.7. The largest absolute Gasteiger partial charge is 0.463 e. The van der Waals surface area contributed by atoms with Crippen molar-refractivity contribution in [1.29, 1.82) is 0 Å². The van der Waals surface area contributed by atoms with Crippen molar-refractivity contribution in [3.05, 3.63) is 47.4 Å². The molecule has 3 aliphatic heterocycles. The van der Waals surface area contributed by atoms with Crippen molar-refractivity contribution in [2.45, 2.75) is 61.9 Å². The zero-order chi connectivity index (χ0) is 28.8. The zero-order valence-electron chi connectivity index (χ0n) is 22.8. The molecular formula is C29H30F2N6O3S. The van der Waals surface area contributed by atoms with Crippen molar-refractivity contribution in [3.8, 4) is 17.7 Å². The molecule has 0 radical (unpaired) electrons. The quantitative estimate of drug-likeness (QED) is 0.406. The fourth-order valence-corrected chi connectivity index (χ4v) is 7.67. The van der Waals surface area contributed by atoms with E-state index in [9.17, 15) is 4.79 Å². The van der Waals surface area contributed by atoms with Crippen molar-refractivity contribution in [3.63, 3.8) is 0 Å². The lowest BCUT2D eigenvalue weighted by Gasteiger charge is -2.47. The Labute approximate surface area is 241 Å². The molecule has 2 aromatic rings. The number of amides is 1. The van der Waals surface area contributed by atoms with Crippen molar-refractivity contribution < 1.29 is 23.0 Å². The lowest BCUT2D eigenvalue weighted by molar-refractivity contribution is -0.151. The number of aromatic nitrogens is 3. The zero-order valence-corrected chi connectivity index (χ0v) is 23.6. The van der Waals surface area contributed by atoms with Crippen LogP contribution in [0.4, 0.5) is 8.78 Å². The van der Waals surface area contributed by atoms with E-state index >= 15 is 8.78 Å². The summed E-state index contributed by atoms with van der Waals surface area (Å²) in [5, 5.41) is 0.224. The predicted octanol–water partition coefficient (Wildman–Crippen LogP) is 3.70. The average molecular weight is 581 g/mol. The van der Waals surface area contributed by atoms with Crippen LogP contribution in [0.15, 0.2) is 29.6 Å². The van der Waals surface area contributed by atoms with Gasteiger partial charge in [-0.15, -0.1) is 5.92 Å². The molecule has 0 spiro atoms. The van der Waals surface area contributed by atoms with Gasteiger partial charge in [-0.05, 0) is 57.2 Å². The molecule has 3 fully saturated rings. The molecule has 0 unspecified atom stereocenters. The summed E-state index contributed by atoms with van der Waals surface area (Å²) in [6.45, 7) is 4.68. The maximum Gasteiger partial charge on any atom is 0.240 e. The van der Waals surface area contributed by atoms with Gasteiger partial charge >= 0.3 is 0 Å². The Balaban J connectivity index is 1.27. The number of nitrogens with zero attached hydrogens (tertiary/aromatic N) is 5. The van der Waals surface area contributed by atoms with Crippen LogP contribution in [-0.4, -0.2) is 67.6 Å². The van der Waals surface area contributed by atoms with E-state index < -0.39 is 22.1 Å². The second kappa shape index (κ2) is 10.7. The topological polar surface area (TPSA) is 116 Å². The van der Waals surface area contributed by atoms with E-state index in [1.807, 2.05) is 4.90 Å². The molecule has 1 aliphatic carbocycles. The summed E-state index contributed by atoms with van der Waals surface area (Å²) in [5.74, 6) is 3.98. The molecule has 0 aromatic carbocycles. The fraction of sp³-hybridized carbons (Fsp3) is 0.483. The molecule has 6 rings (SSSR count). The second-order valence-electron chi connectivity index (χ2n) is 10.9. The molecule has 4 aliphatic rings. The van der Waals surface area contributed by atoms with E-state index in [1.54, 1.807) is 13.8 Å². The van der Waals surface area contributed by atoms with Gasteiger partial charge < -0.3 is 20.1 Å². The molecule has 2 N–H and O–H groups in total. The van der Waals surface area contributed by atoms with Gasteiger partial charge in [0.1, 0.15) is 10.4 Å². The van der Waals surface area contributed by atoms with Gasteiger partial charge in [-0.3, -0.25) is 9.79 Å². The van der Waals surface area contributed by atoms with Crippen molar-refractivity contribution in [2.24, 2.45) is 16.6 Å². The predicted molar refractivity (Wildman–Crippen MR) is 151 cm³/mol. The third-order valence-electron chi connectivity index (χ3n) is 8.34. The first-order valence-electron chi connectivity index (χ1n) is 13.6. The smallest absolute Gasteiger partial charge is 0.240 e. The lowest BCUT2D eigenvalue weighted by atomic mass is 9.85. The number of morpholine rings is 1. The number of nitrogens with two attached hydrogens (primary N) is 1. The SMILES string of the molecule is CC#CCOc1cnc(/C(F)=C/c2cnc(F)c([C@@]3(C)N=C(N)S[C@@]4(C(=O)N5[C@H]6CCC[C@H]5COC6)C[C@H]43)c2)cn1. The molecule has 2 bridgehead atoms. The number of pyridine rings is 1. The number of carbonyl (C=O) groups is 1. The van der Waals surface area contributed by atoms with E-state index in [0.29, 0.717) is 25.2 Å². The third-order valence-corrected chi connectivity index (χ3v) is 9.63. The minimum absolute atomic E-state index is 0.0183. The van der Waals surface area contributed by atoms with Crippen LogP contribution in [0.1, 0.15) is 56.4 Å². The van der Waals surface area contributed by atoms with Crippen LogP contribution in [0.25, 0.3) is 11.9 Å². The Kier molecular flexibility index (Phi) is 7.20. The van der Waals surface area contributed by atoms with Gasteiger partial charge in [0.05, 0.1) is 43.2 Å². The number of piperidine rings is 1. The summed E-state index contributed by atoms with van der Waals surface area (Å²) in [4.78, 5) is 32.8. The number of amidine groups is 1. The maximum absolute atomic E-state index is 15.3. The average Bonchev–Trinajstić information content (AvgIpc) is 3.70. The van der Waals surface area contributed by atoms with Crippen LogP contribution in [0.5, 0.6) is 5.88 Å². The van der Waals surface area contributed by atoms with Crippen LogP contribution in [0.3, 0.4) is 0 Å². The van der Waals surface area contributed by atoms with Crippen molar-refractivity contribution >= 4 is 34.7 Å². The van der Waals surface area contributed by atoms with Gasteiger partial charge in [0.25, 0.3) is 0 Å². The minimum atomic E-state index is -1.15. The normalized spacial score (nSPS) is 30.4. The van der Waals surface area contributed by atoms with E-state index in [2.05, 4.69) is 31.8 Å². The highest BCUT2D eigenvalue weighted by molar-refractivity contribution is 8.15. The van der Waals surface area contributed by atoms with E-state index in [-0.39, 0.29) is 52.8 Å². The summed E-state index contributed by atoms with van der Waals surface area (Å²) in [6.07, 6.45) is 8.38. The van der Waals surface area contributed by atoms with E-state index in [1.165, 1.54) is 42.5 Å². The monoisotopic (exact) mass is 580 g/mol. The van der Waals surface area contributed by atoms with Gasteiger partial charge in [-0.2, -0.15) is 4.39 Å². The lowest BCUT2D eigenvalue weighted by Crippen LogP contribution is -2.60. The fourth-order valence-electron chi connectivity index (χ4n) is 6.25. The van der Waals surface area contributed by atoms with Crippen molar-refractivity contribution in [2.75, 3.05) is 19.8 Å². The number of hydrogen-bond donors (Lipinski definition) is 1. The highest BCUT2D eigenvalue weighted by Crippen LogP contribution is 2.67. The van der Waals surface area contributed by atoms with Crippen LogP contribution < -0.4 is 10.5 Å². The van der Waals surface area contributed by atoms with Crippen molar-refractivity contribution in [1.82, 2.24) is 19.9 Å². The standard InChI is InChI=1S/C29H30F2N6O3S/c1-3-4-8-40-24-14-33-22(13-34-24)21(30)10-17-9-20(25(31)35-12-17)28(2)23-11-29(23,41-27(32)36-28)26(38)37-18-6-5-7-19(37)16-39-15-18/h9-10,12-14,18-19,23H,5-8,11,15-16H2,1-2H3,(H2,32,36)/b21-10-/t18-,19-,23-,28+,29-/m0/s1. The number of rotatable bonds is 6. The number of fused-ring (bicyclic) bond motifs is 3. The Bertz CT molecular complexity index is 1470. The molecule has 214 valence electrons. The van der Waals surface area contributed by atoms with Crippen LogP contribution in [-0.2, 0) is 15.1 Å². The van der Waals surface area contributed by atoms with Gasteiger partial charge in [0.2, 0.25) is 17.7 Å². The number of ether oxygens (including phenoxy) is 2. The first-order valence-corrected chi connectivity index (χ1v) is 14.4. The minimum Gasteiger partial charge on any atom is -0.463 e. The first kappa shape index (κ1) is 27.6. The van der Waals surface area contributed by atoms with Gasteiger partial charge in [0.15, 0.2) is 17.6 Å². The number of halogens is 2. The van der Waals surface area contributed by atoms with Gasteiger partial charge in [-0.25, -0.2) is 19.3 Å². The number of hydrogen-bond acceptors (Lipinski definition) is 9. The Morgan fingerprint density at radius 2 is 2.05 bits per heavy atom. The molecule has 1 saturated carbocycles. The molecule has 1 amide bonds. The molecule has 2 aromatic heterocycles. The Morgan fingerprint density at radius 3 is 2.76 bits per heavy atom. The van der Waals surface area contributed by atoms with Crippen LogP contribution in [0.2, 0.25) is 0 Å². The van der Waals surface area contributed by atoms with Crippen LogP contribution in [0, 0.1) is 23.7 Å². The Hall–Kier alpha value is -3.56. The molecule has 5 atom stereocenters. The number of thioether (sulfide) groups is 1. The van der Waals surface area contributed by atoms with Crippen LogP contribution >= 0.6 is 11.8 Å². The van der Waals surface area contributed by atoms with Gasteiger partial charge in [-0.1, -0.05) is 17.7 Å². The summed E-state index contributed by atoms with van der Waals surface area (Å²) in [7, 11) is 0. The molecule has 5 heterocycles. The number of aliphatic imine (C=N–C) groups is 1. The van der Waals surface area contributed by atoms with Gasteiger partial charge in [0, 0.05) is 17.7 Å². The molecule has 9 nitrogen and oxygen atoms in total. The Morgan fingerprint density at radius 1 is 1.27 bits per heavy atom. The molecular weight excluding hydrogens is 550 g/mol. The maximum atomic E-state index is 15.3. The molecule has 41 heavy (non-hydrogen) atoms. The summed E-state index contributed by atoms with van der Waals surface area (Å²) in [5.41, 5.74) is 5.61. The second-order valence-corrected chi connectivity index (χ2v) is 12.2. The van der Waals surface area contributed by atoms with E-state index in [4.69, 9.17) is 15.2 Å².